The number of rotatable bonds is 3. The molecule has 0 radical (unpaired) electrons. The molecule has 0 amide bonds. The van der Waals surface area contributed by atoms with Gasteiger partial charge < -0.3 is 20.6 Å². The first kappa shape index (κ1) is 28.5. The topological polar surface area (TPSA) is 98.1 Å². The Kier molecular flexibility index (Phi) is 11.9. The van der Waals surface area contributed by atoms with Crippen LogP contribution in [0.3, 0.4) is 0 Å². The van der Waals surface area contributed by atoms with E-state index in [-0.39, 0.29) is 32.9 Å². The number of nitrogens with one attached hydrogen (secondary N) is 1. The van der Waals surface area contributed by atoms with Gasteiger partial charge in [-0.2, -0.15) is 5.26 Å². The monoisotopic (exact) mass is 641 g/mol. The van der Waals surface area contributed by atoms with Gasteiger partial charge in [0.25, 0.3) is 0 Å². The average Bonchev–Trinajstić information content (AvgIpc) is 3.34. The maximum Gasteiger partial charge on any atom is 0.147 e. The zero-order valence-corrected chi connectivity index (χ0v) is 23.5. The van der Waals surface area contributed by atoms with Crippen molar-refractivity contribution >= 4 is 17.7 Å². The summed E-state index contributed by atoms with van der Waals surface area (Å²) in [5, 5.41) is 25.8. The number of nitrogens with zero attached hydrogens (tertiary/aromatic N) is 5. The van der Waals surface area contributed by atoms with Gasteiger partial charge in [-0.05, 0) is 49.0 Å². The summed E-state index contributed by atoms with van der Waals surface area (Å²) < 4.78 is 0. The molecule has 184 valence electrons. The van der Waals surface area contributed by atoms with Gasteiger partial charge in [0.15, 0.2) is 0 Å². The van der Waals surface area contributed by atoms with Gasteiger partial charge in [-0.25, -0.2) is 0 Å². The van der Waals surface area contributed by atoms with Crippen LogP contribution in [-0.4, -0.2) is 54.8 Å². The molecular formula is C27H33N6OW-. The minimum atomic E-state index is 0. The largest absolute Gasteiger partial charge is 0.662 e. The molecule has 0 bridgehead atoms. The fraction of sp³-hybridized carbons (Fsp3) is 0.370. The van der Waals surface area contributed by atoms with Crippen molar-refractivity contribution in [2.24, 2.45) is 9.98 Å². The van der Waals surface area contributed by atoms with E-state index in [1.807, 2.05) is 63.5 Å². The van der Waals surface area contributed by atoms with E-state index in [4.69, 9.17) is 5.26 Å². The van der Waals surface area contributed by atoms with Gasteiger partial charge in [-0.1, -0.05) is 38.8 Å². The SMILES string of the molecule is CC.CNC1CC[N-]CC1.N#Cc1ccc(C2CN=C3C=NC(c4ccc(O)cc4)=CN32)cc1.[W]. The van der Waals surface area contributed by atoms with E-state index in [0.717, 1.165) is 41.8 Å². The van der Waals surface area contributed by atoms with Crippen LogP contribution in [-0.2, 0) is 21.1 Å². The molecule has 0 aromatic heterocycles. The van der Waals surface area contributed by atoms with Gasteiger partial charge in [0.2, 0.25) is 0 Å². The molecule has 0 spiro atoms. The molecule has 7 nitrogen and oxygen atoms in total. The molecule has 2 aromatic carbocycles. The van der Waals surface area contributed by atoms with Gasteiger partial charge in [-0.3, -0.25) is 9.98 Å². The molecule has 3 aliphatic rings. The molecule has 5 rings (SSSR count). The number of phenolic OH excluding ortho intramolecular Hbond substituents is 1. The zero-order chi connectivity index (χ0) is 24.3. The minimum Gasteiger partial charge on any atom is -0.662 e. The van der Waals surface area contributed by atoms with Crippen LogP contribution >= 0.6 is 0 Å². The van der Waals surface area contributed by atoms with Crippen LogP contribution in [0.5, 0.6) is 5.75 Å². The van der Waals surface area contributed by atoms with Crippen molar-refractivity contribution in [3.63, 3.8) is 0 Å². The van der Waals surface area contributed by atoms with E-state index in [1.165, 1.54) is 12.8 Å². The molecule has 1 fully saturated rings. The fourth-order valence-electron chi connectivity index (χ4n) is 3.93. The number of aliphatic imine (C=N–C) groups is 2. The van der Waals surface area contributed by atoms with Crippen molar-refractivity contribution in [3.8, 4) is 11.8 Å². The summed E-state index contributed by atoms with van der Waals surface area (Å²) in [5.74, 6) is 1.07. The molecule has 2 N–H and O–H groups in total. The Labute approximate surface area is 222 Å². The molecular weight excluding hydrogens is 608 g/mol. The first-order valence-electron chi connectivity index (χ1n) is 11.9. The molecule has 0 aliphatic carbocycles. The summed E-state index contributed by atoms with van der Waals surface area (Å²) in [6.07, 6.45) is 6.22. The number of phenols is 1. The number of nitriles is 1. The Bertz CT molecular complexity index is 1050. The summed E-state index contributed by atoms with van der Waals surface area (Å²) in [4.78, 5) is 11.1. The molecule has 35 heavy (non-hydrogen) atoms. The Morgan fingerprint density at radius 1 is 1.06 bits per heavy atom. The van der Waals surface area contributed by atoms with Crippen molar-refractivity contribution in [2.75, 3.05) is 26.7 Å². The van der Waals surface area contributed by atoms with Crippen molar-refractivity contribution in [1.82, 2.24) is 10.2 Å². The Morgan fingerprint density at radius 3 is 2.29 bits per heavy atom. The molecule has 2 aromatic rings. The summed E-state index contributed by atoms with van der Waals surface area (Å²) in [6, 6.07) is 17.6. The van der Waals surface area contributed by atoms with E-state index < -0.39 is 0 Å². The molecule has 1 atom stereocenters. The van der Waals surface area contributed by atoms with Crippen LogP contribution in [0.1, 0.15) is 49.4 Å². The summed E-state index contributed by atoms with van der Waals surface area (Å²) in [5.41, 5.74) is 3.53. The van der Waals surface area contributed by atoms with Crippen LogP contribution in [0.4, 0.5) is 0 Å². The number of benzene rings is 2. The Morgan fingerprint density at radius 2 is 1.71 bits per heavy atom. The maximum absolute atomic E-state index is 9.43. The van der Waals surface area contributed by atoms with Crippen molar-refractivity contribution in [2.45, 2.75) is 38.8 Å². The van der Waals surface area contributed by atoms with Crippen LogP contribution < -0.4 is 5.32 Å². The Hall–Kier alpha value is -2.78. The smallest absolute Gasteiger partial charge is 0.147 e. The van der Waals surface area contributed by atoms with Crippen molar-refractivity contribution in [1.29, 1.82) is 5.26 Å². The first-order chi connectivity index (χ1) is 16.7. The summed E-state index contributed by atoms with van der Waals surface area (Å²) >= 11 is 0. The maximum atomic E-state index is 9.43. The van der Waals surface area contributed by atoms with Gasteiger partial charge in [0.1, 0.15) is 11.6 Å². The standard InChI is InChI=1S/C19H14N4O.C6H13N2.C2H6.W/c20-9-13-1-3-15(4-2-13)18-10-22-19-11-21-17(12-23(18)19)14-5-7-16(24)8-6-14;1-7-6-2-4-8-5-3-6;1-2;/h1-8,11-12,18,24H,10H2;6-7H,2-5H2,1H3;1-2H3;/q;-1;;. The number of hydrogen-bond donors (Lipinski definition) is 2. The average molecular weight is 641 g/mol. The third kappa shape index (κ3) is 7.60. The predicted octanol–water partition coefficient (Wildman–Crippen LogP) is 4.87. The van der Waals surface area contributed by atoms with Gasteiger partial charge in [0.05, 0.1) is 36.1 Å². The second-order valence-corrected chi connectivity index (χ2v) is 7.91. The van der Waals surface area contributed by atoms with Crippen molar-refractivity contribution in [3.05, 3.63) is 76.7 Å². The van der Waals surface area contributed by atoms with E-state index in [0.29, 0.717) is 12.1 Å². The van der Waals surface area contributed by atoms with Gasteiger partial charge in [0, 0.05) is 38.9 Å². The van der Waals surface area contributed by atoms with E-state index in [9.17, 15) is 5.11 Å². The van der Waals surface area contributed by atoms with E-state index >= 15 is 0 Å². The molecule has 1 saturated heterocycles. The molecule has 3 aliphatic heterocycles. The minimum absolute atomic E-state index is 0. The van der Waals surface area contributed by atoms with Crippen LogP contribution in [0.25, 0.3) is 11.0 Å². The third-order valence-electron chi connectivity index (χ3n) is 5.87. The number of piperidine rings is 1. The number of hydrogen-bond acceptors (Lipinski definition) is 6. The second kappa shape index (κ2) is 14.6. The number of fused-ring (bicyclic) bond motifs is 1. The molecule has 1 unspecified atom stereocenters. The van der Waals surface area contributed by atoms with Crippen LogP contribution in [0.2, 0.25) is 0 Å². The number of aromatic hydroxyl groups is 1. The summed E-state index contributed by atoms with van der Waals surface area (Å²) in [7, 11) is 2.02. The van der Waals surface area contributed by atoms with E-state index in [2.05, 4.69) is 31.6 Å². The van der Waals surface area contributed by atoms with Crippen LogP contribution in [0.15, 0.2) is 64.7 Å². The van der Waals surface area contributed by atoms with Crippen molar-refractivity contribution < 1.29 is 26.2 Å². The third-order valence-corrected chi connectivity index (χ3v) is 5.87. The van der Waals surface area contributed by atoms with Crippen LogP contribution in [0, 0.1) is 11.3 Å². The normalized spacial score (nSPS) is 18.3. The second-order valence-electron chi connectivity index (χ2n) is 7.91. The fourth-order valence-corrected chi connectivity index (χ4v) is 3.93. The first-order valence-corrected chi connectivity index (χ1v) is 11.9. The molecule has 8 heteroatoms. The molecule has 3 heterocycles. The van der Waals surface area contributed by atoms with Gasteiger partial charge in [-0.15, -0.1) is 13.1 Å². The summed E-state index contributed by atoms with van der Waals surface area (Å²) in [6.45, 7) is 6.78. The van der Waals surface area contributed by atoms with E-state index in [1.54, 1.807) is 18.3 Å². The van der Waals surface area contributed by atoms with Gasteiger partial charge >= 0.3 is 0 Å². The molecule has 0 saturated carbocycles. The number of amidine groups is 1. The predicted molar refractivity (Wildman–Crippen MR) is 139 cm³/mol. The Balaban J connectivity index is 0.000000334. The quantitative estimate of drug-likeness (QED) is 0.500. The zero-order valence-electron chi connectivity index (χ0n) is 20.6.